The summed E-state index contributed by atoms with van der Waals surface area (Å²) in [6.07, 6.45) is 1.91. The fourth-order valence-electron chi connectivity index (χ4n) is 2.24. The Labute approximate surface area is 126 Å². The van der Waals surface area contributed by atoms with Crippen molar-refractivity contribution in [3.8, 4) is 0 Å². The number of para-hydroxylation sites is 1. The molecule has 0 radical (unpaired) electrons. The maximum absolute atomic E-state index is 12.4. The number of H-pyrrole nitrogens is 1. The third-order valence-corrected chi connectivity index (χ3v) is 3.36. The van der Waals surface area contributed by atoms with E-state index in [0.29, 0.717) is 12.2 Å². The molecule has 22 heavy (non-hydrogen) atoms. The zero-order chi connectivity index (χ0) is 15.5. The van der Waals surface area contributed by atoms with Gasteiger partial charge in [0.25, 0.3) is 0 Å². The molecule has 6 heteroatoms. The van der Waals surface area contributed by atoms with E-state index in [-0.39, 0.29) is 18.1 Å². The van der Waals surface area contributed by atoms with Gasteiger partial charge in [-0.05, 0) is 13.0 Å². The van der Waals surface area contributed by atoms with E-state index in [2.05, 4.69) is 4.98 Å². The molecule has 0 saturated heterocycles. The van der Waals surface area contributed by atoms with Gasteiger partial charge < -0.3 is 19.2 Å². The van der Waals surface area contributed by atoms with E-state index in [1.54, 1.807) is 6.20 Å². The molecule has 2 heterocycles. The number of aromatic amines is 1. The number of carbonyl (C=O) groups excluding carboxylic acids is 2. The van der Waals surface area contributed by atoms with Crippen LogP contribution in [0, 0.1) is 0 Å². The van der Waals surface area contributed by atoms with E-state index < -0.39 is 12.1 Å². The second-order valence-electron chi connectivity index (χ2n) is 4.86. The minimum atomic E-state index is -0.918. The third-order valence-electron chi connectivity index (χ3n) is 3.36. The van der Waals surface area contributed by atoms with Crippen molar-refractivity contribution >= 4 is 22.7 Å². The number of ketones is 1. The molecule has 0 saturated carbocycles. The summed E-state index contributed by atoms with van der Waals surface area (Å²) < 4.78 is 15.3. The Hall–Kier alpha value is -2.76. The van der Waals surface area contributed by atoms with E-state index in [9.17, 15) is 9.59 Å². The molecule has 1 aromatic carbocycles. The van der Waals surface area contributed by atoms with Crippen molar-refractivity contribution in [1.82, 2.24) is 4.98 Å². The minimum Gasteiger partial charge on any atom is -0.493 e. The fraction of sp³-hybridized carbons (Fsp3) is 0.250. The first-order valence-corrected chi connectivity index (χ1v) is 6.92. The average molecular weight is 301 g/mol. The number of rotatable bonds is 4. The van der Waals surface area contributed by atoms with Crippen LogP contribution in [0.3, 0.4) is 0 Å². The topological polar surface area (TPSA) is 77.6 Å². The fourth-order valence-corrected chi connectivity index (χ4v) is 2.24. The number of ether oxygens (including phenoxy) is 3. The number of hydrogen-bond donors (Lipinski definition) is 1. The highest BCUT2D eigenvalue weighted by atomic mass is 16.6. The Balaban J connectivity index is 1.74. The smallest absolute Gasteiger partial charge is 0.377 e. The lowest BCUT2D eigenvalue weighted by Crippen LogP contribution is -2.27. The molecule has 0 aliphatic carbocycles. The molecule has 0 bridgehead atoms. The lowest BCUT2D eigenvalue weighted by molar-refractivity contribution is -0.147. The number of nitrogens with one attached hydrogen (secondary N) is 1. The highest BCUT2D eigenvalue weighted by Gasteiger charge is 2.25. The predicted molar refractivity (Wildman–Crippen MR) is 78.2 cm³/mol. The molecular weight excluding hydrogens is 286 g/mol. The van der Waals surface area contributed by atoms with Crippen LogP contribution in [0.2, 0.25) is 0 Å². The first kappa shape index (κ1) is 14.2. The van der Waals surface area contributed by atoms with Crippen LogP contribution < -0.4 is 0 Å². The maximum Gasteiger partial charge on any atom is 0.377 e. The standard InChI is InChI=1S/C16H15NO5/c1-10(22-16(19)14-9-20-6-7-21-14)15(18)12-8-17-13-5-3-2-4-11(12)13/h2-5,8-10,17H,6-7H2,1H3/t10-/m1/s1. The lowest BCUT2D eigenvalue weighted by atomic mass is 10.1. The van der Waals surface area contributed by atoms with Gasteiger partial charge in [0.05, 0.1) is 0 Å². The lowest BCUT2D eigenvalue weighted by Gasteiger charge is -2.16. The molecule has 2 aromatic rings. The zero-order valence-electron chi connectivity index (χ0n) is 12.0. The van der Waals surface area contributed by atoms with Gasteiger partial charge in [-0.1, -0.05) is 18.2 Å². The van der Waals surface area contributed by atoms with Crippen LogP contribution in [-0.2, 0) is 19.0 Å². The van der Waals surface area contributed by atoms with Crippen molar-refractivity contribution in [3.05, 3.63) is 48.0 Å². The van der Waals surface area contributed by atoms with Gasteiger partial charge in [-0.3, -0.25) is 4.79 Å². The van der Waals surface area contributed by atoms with Gasteiger partial charge in [0, 0.05) is 22.7 Å². The molecule has 114 valence electrons. The quantitative estimate of drug-likeness (QED) is 0.691. The van der Waals surface area contributed by atoms with Crippen LogP contribution in [0.4, 0.5) is 0 Å². The molecule has 1 aliphatic rings. The van der Waals surface area contributed by atoms with Gasteiger partial charge >= 0.3 is 5.97 Å². The molecule has 1 aromatic heterocycles. The zero-order valence-corrected chi connectivity index (χ0v) is 12.0. The van der Waals surface area contributed by atoms with E-state index in [1.165, 1.54) is 13.2 Å². The summed E-state index contributed by atoms with van der Waals surface area (Å²) in [5, 5.41) is 0.798. The Bertz CT molecular complexity index is 746. The Morgan fingerprint density at radius 1 is 1.27 bits per heavy atom. The summed E-state index contributed by atoms with van der Waals surface area (Å²) in [5.41, 5.74) is 1.35. The number of esters is 1. The predicted octanol–water partition coefficient (Wildman–Crippen LogP) is 2.17. The third kappa shape index (κ3) is 2.67. The summed E-state index contributed by atoms with van der Waals surface area (Å²) in [5.74, 6) is -1.01. The Morgan fingerprint density at radius 3 is 2.86 bits per heavy atom. The van der Waals surface area contributed by atoms with Crippen LogP contribution >= 0.6 is 0 Å². The van der Waals surface area contributed by atoms with Crippen molar-refractivity contribution in [2.45, 2.75) is 13.0 Å². The number of Topliss-reactive ketones (excluding diaryl/α,β-unsaturated/α-hetero) is 1. The summed E-state index contributed by atoms with van der Waals surface area (Å²) >= 11 is 0. The number of benzene rings is 1. The van der Waals surface area contributed by atoms with Crippen LogP contribution in [0.1, 0.15) is 17.3 Å². The van der Waals surface area contributed by atoms with Gasteiger partial charge in [-0.2, -0.15) is 0 Å². The molecule has 3 rings (SSSR count). The van der Waals surface area contributed by atoms with Crippen molar-refractivity contribution in [2.75, 3.05) is 13.2 Å². The Morgan fingerprint density at radius 2 is 2.09 bits per heavy atom. The second-order valence-corrected chi connectivity index (χ2v) is 4.86. The molecule has 6 nitrogen and oxygen atoms in total. The number of carbonyl (C=O) groups is 2. The molecule has 0 unspecified atom stereocenters. The van der Waals surface area contributed by atoms with Gasteiger partial charge in [-0.15, -0.1) is 0 Å². The number of hydrogen-bond acceptors (Lipinski definition) is 5. The summed E-state index contributed by atoms with van der Waals surface area (Å²) in [4.78, 5) is 27.4. The van der Waals surface area contributed by atoms with Crippen LogP contribution in [-0.4, -0.2) is 36.1 Å². The van der Waals surface area contributed by atoms with Crippen molar-refractivity contribution in [1.29, 1.82) is 0 Å². The van der Waals surface area contributed by atoms with E-state index in [4.69, 9.17) is 14.2 Å². The number of fused-ring (bicyclic) bond motifs is 1. The van der Waals surface area contributed by atoms with Crippen molar-refractivity contribution in [3.63, 3.8) is 0 Å². The number of aromatic nitrogens is 1. The van der Waals surface area contributed by atoms with E-state index in [0.717, 1.165) is 10.9 Å². The van der Waals surface area contributed by atoms with Crippen molar-refractivity contribution < 1.29 is 23.8 Å². The van der Waals surface area contributed by atoms with Gasteiger partial charge in [-0.25, -0.2) is 4.79 Å². The molecule has 0 fully saturated rings. The molecular formula is C16H15NO5. The van der Waals surface area contributed by atoms with E-state index >= 15 is 0 Å². The highest BCUT2D eigenvalue weighted by Crippen LogP contribution is 2.20. The van der Waals surface area contributed by atoms with Gasteiger partial charge in [0.1, 0.15) is 19.5 Å². The van der Waals surface area contributed by atoms with Crippen LogP contribution in [0.25, 0.3) is 10.9 Å². The highest BCUT2D eigenvalue weighted by molar-refractivity contribution is 6.10. The van der Waals surface area contributed by atoms with Crippen LogP contribution in [0.15, 0.2) is 42.5 Å². The molecule has 1 atom stereocenters. The average Bonchev–Trinajstić information content (AvgIpc) is 2.99. The summed E-state index contributed by atoms with van der Waals surface area (Å²) in [7, 11) is 0. The second kappa shape index (κ2) is 5.93. The Kier molecular flexibility index (Phi) is 3.82. The van der Waals surface area contributed by atoms with Gasteiger partial charge in [0.15, 0.2) is 6.10 Å². The van der Waals surface area contributed by atoms with Gasteiger partial charge in [0.2, 0.25) is 11.5 Å². The first-order valence-electron chi connectivity index (χ1n) is 6.92. The minimum absolute atomic E-state index is 0.0233. The first-order chi connectivity index (χ1) is 10.7. The summed E-state index contributed by atoms with van der Waals surface area (Å²) in [6, 6.07) is 7.44. The molecule has 0 spiro atoms. The maximum atomic E-state index is 12.4. The summed E-state index contributed by atoms with van der Waals surface area (Å²) in [6.45, 7) is 2.21. The molecule has 1 aliphatic heterocycles. The monoisotopic (exact) mass is 301 g/mol. The SMILES string of the molecule is C[C@@H](OC(=O)C1=COCCO1)C(=O)c1c[nH]c2ccccc12. The normalized spacial score (nSPS) is 15.4. The molecule has 0 amide bonds. The van der Waals surface area contributed by atoms with Crippen LogP contribution in [0.5, 0.6) is 0 Å². The van der Waals surface area contributed by atoms with Crippen molar-refractivity contribution in [2.24, 2.45) is 0 Å². The van der Waals surface area contributed by atoms with E-state index in [1.807, 2.05) is 24.3 Å². The largest absolute Gasteiger partial charge is 0.493 e. The molecule has 1 N–H and O–H groups in total.